The number of aryl methyl sites for hydroxylation is 1. The Morgan fingerprint density at radius 2 is 2.05 bits per heavy atom. The number of hydrogen-bond acceptors (Lipinski definition) is 2. The van der Waals surface area contributed by atoms with E-state index in [2.05, 4.69) is 49.2 Å². The molecule has 1 aromatic carbocycles. The van der Waals surface area contributed by atoms with Gasteiger partial charge < -0.3 is 19.9 Å². The van der Waals surface area contributed by atoms with Gasteiger partial charge in [0.15, 0.2) is 5.11 Å². The number of thiocarbonyl (C=S) groups is 1. The van der Waals surface area contributed by atoms with Crippen molar-refractivity contribution in [2.45, 2.75) is 33.4 Å². The van der Waals surface area contributed by atoms with Crippen molar-refractivity contribution in [1.29, 1.82) is 0 Å². The number of quaternary nitrogens is 1. The molecule has 0 unspecified atom stereocenters. The zero-order chi connectivity index (χ0) is 16.1. The second kappa shape index (κ2) is 7.79. The summed E-state index contributed by atoms with van der Waals surface area (Å²) in [4.78, 5) is 3.87. The van der Waals surface area contributed by atoms with Gasteiger partial charge in [0.2, 0.25) is 0 Å². The predicted octanol–water partition coefficient (Wildman–Crippen LogP) is 0.987. The molecule has 5 heteroatoms. The van der Waals surface area contributed by atoms with E-state index >= 15 is 0 Å². The monoisotopic (exact) mass is 322 g/mol. The average Bonchev–Trinajstić information content (AvgIpc) is 2.47. The fourth-order valence-corrected chi connectivity index (χ4v) is 3.27. The van der Waals surface area contributed by atoms with Gasteiger partial charge >= 0.3 is 0 Å². The molecule has 1 saturated heterocycles. The lowest BCUT2D eigenvalue weighted by atomic mass is 10.1. The van der Waals surface area contributed by atoms with Crippen LogP contribution >= 0.6 is 12.2 Å². The van der Waals surface area contributed by atoms with Crippen LogP contribution in [0.25, 0.3) is 0 Å². The molecule has 4 nitrogen and oxygen atoms in total. The Bertz CT molecular complexity index is 511. The van der Waals surface area contributed by atoms with Crippen LogP contribution < -0.4 is 15.0 Å². The van der Waals surface area contributed by atoms with Crippen molar-refractivity contribution in [3.05, 3.63) is 29.3 Å². The fourth-order valence-electron chi connectivity index (χ4n) is 2.86. The smallest absolute Gasteiger partial charge is 0.169 e. The van der Waals surface area contributed by atoms with E-state index in [1.165, 1.54) is 11.1 Å². The van der Waals surface area contributed by atoms with E-state index in [-0.39, 0.29) is 0 Å². The van der Waals surface area contributed by atoms with Crippen LogP contribution in [0.1, 0.15) is 25.0 Å². The van der Waals surface area contributed by atoms with E-state index in [1.54, 1.807) is 12.0 Å². The summed E-state index contributed by atoms with van der Waals surface area (Å²) in [7, 11) is 1.75. The number of methoxy groups -OCH3 is 1. The Labute approximate surface area is 139 Å². The summed E-state index contributed by atoms with van der Waals surface area (Å²) < 4.78 is 5.49. The van der Waals surface area contributed by atoms with Gasteiger partial charge in [-0.3, -0.25) is 0 Å². The van der Waals surface area contributed by atoms with Gasteiger partial charge in [0, 0.05) is 11.6 Å². The third-order valence-corrected chi connectivity index (χ3v) is 4.42. The summed E-state index contributed by atoms with van der Waals surface area (Å²) in [6, 6.07) is 6.81. The highest BCUT2D eigenvalue weighted by atomic mass is 32.1. The summed E-state index contributed by atoms with van der Waals surface area (Å²) in [5.74, 6) is 0.998. The Kier molecular flexibility index (Phi) is 6.03. The summed E-state index contributed by atoms with van der Waals surface area (Å²) >= 11 is 5.46. The molecule has 0 saturated carbocycles. The lowest BCUT2D eigenvalue weighted by Gasteiger charge is -2.34. The van der Waals surface area contributed by atoms with Crippen LogP contribution in [0.5, 0.6) is 5.75 Å². The molecule has 0 atom stereocenters. The first-order valence-corrected chi connectivity index (χ1v) is 8.43. The summed E-state index contributed by atoms with van der Waals surface area (Å²) in [5, 5.41) is 4.22. The van der Waals surface area contributed by atoms with E-state index in [0.29, 0.717) is 6.04 Å². The third kappa shape index (κ3) is 4.58. The molecule has 2 rings (SSSR count). The van der Waals surface area contributed by atoms with Crippen LogP contribution in [0.4, 0.5) is 0 Å². The second-order valence-corrected chi connectivity index (χ2v) is 6.72. The zero-order valence-corrected chi connectivity index (χ0v) is 14.9. The molecule has 22 heavy (non-hydrogen) atoms. The molecular weight excluding hydrogens is 294 g/mol. The lowest BCUT2D eigenvalue weighted by Crippen LogP contribution is -3.13. The van der Waals surface area contributed by atoms with Gasteiger partial charge in [0.05, 0.1) is 33.3 Å². The van der Waals surface area contributed by atoms with Gasteiger partial charge in [0.25, 0.3) is 0 Å². The van der Waals surface area contributed by atoms with Crippen LogP contribution in [-0.4, -0.2) is 49.3 Å². The number of piperazine rings is 1. The molecule has 1 fully saturated rings. The van der Waals surface area contributed by atoms with E-state index in [9.17, 15) is 0 Å². The average molecular weight is 322 g/mol. The van der Waals surface area contributed by atoms with Gasteiger partial charge in [-0.1, -0.05) is 11.6 Å². The van der Waals surface area contributed by atoms with Crippen molar-refractivity contribution in [2.75, 3.05) is 33.3 Å². The zero-order valence-electron chi connectivity index (χ0n) is 14.1. The van der Waals surface area contributed by atoms with E-state index < -0.39 is 0 Å². The largest absolute Gasteiger partial charge is 0.496 e. The quantitative estimate of drug-likeness (QED) is 0.809. The van der Waals surface area contributed by atoms with Gasteiger partial charge in [0.1, 0.15) is 12.3 Å². The van der Waals surface area contributed by atoms with Crippen molar-refractivity contribution in [2.24, 2.45) is 0 Å². The topological polar surface area (TPSA) is 28.9 Å². The van der Waals surface area contributed by atoms with Crippen molar-refractivity contribution in [1.82, 2.24) is 10.2 Å². The molecule has 2 N–H and O–H groups in total. The first kappa shape index (κ1) is 17.0. The van der Waals surface area contributed by atoms with Gasteiger partial charge in [-0.25, -0.2) is 0 Å². The number of hydrogen-bond donors (Lipinski definition) is 2. The molecule has 0 bridgehead atoms. The van der Waals surface area contributed by atoms with Crippen LogP contribution in [0.15, 0.2) is 18.2 Å². The number of rotatable bonds is 4. The van der Waals surface area contributed by atoms with Crippen molar-refractivity contribution < 1.29 is 9.64 Å². The molecule has 1 aromatic rings. The minimum Gasteiger partial charge on any atom is -0.496 e. The van der Waals surface area contributed by atoms with E-state index in [4.69, 9.17) is 17.0 Å². The summed E-state index contributed by atoms with van der Waals surface area (Å²) in [5.41, 5.74) is 2.59. The maximum absolute atomic E-state index is 5.49. The molecular formula is C17H28N3OS+. The predicted molar refractivity (Wildman–Crippen MR) is 94.6 cm³/mol. The first-order chi connectivity index (χ1) is 10.5. The number of benzene rings is 1. The van der Waals surface area contributed by atoms with Crippen molar-refractivity contribution in [3.8, 4) is 5.75 Å². The summed E-state index contributed by atoms with van der Waals surface area (Å²) in [6.07, 6.45) is 0. The molecule has 0 aromatic heterocycles. The highest BCUT2D eigenvalue weighted by molar-refractivity contribution is 7.80. The van der Waals surface area contributed by atoms with Crippen molar-refractivity contribution >= 4 is 17.3 Å². The molecule has 1 heterocycles. The lowest BCUT2D eigenvalue weighted by molar-refractivity contribution is -0.917. The minimum absolute atomic E-state index is 0.398. The first-order valence-electron chi connectivity index (χ1n) is 8.02. The Morgan fingerprint density at radius 1 is 1.36 bits per heavy atom. The normalized spacial score (nSPS) is 16.0. The van der Waals surface area contributed by atoms with Crippen molar-refractivity contribution in [3.63, 3.8) is 0 Å². The van der Waals surface area contributed by atoms with Crippen LogP contribution in [0.3, 0.4) is 0 Å². The number of ether oxygens (including phenoxy) is 1. The maximum Gasteiger partial charge on any atom is 0.169 e. The number of nitrogens with one attached hydrogen (secondary N) is 2. The van der Waals surface area contributed by atoms with Gasteiger partial charge in [-0.05, 0) is 45.1 Å². The maximum atomic E-state index is 5.49. The highest BCUT2D eigenvalue weighted by Gasteiger charge is 2.23. The number of nitrogens with zero attached hydrogens (tertiary/aromatic N) is 1. The van der Waals surface area contributed by atoms with Crippen LogP contribution in [0.2, 0.25) is 0 Å². The molecule has 0 aliphatic carbocycles. The Hall–Kier alpha value is -1.33. The minimum atomic E-state index is 0.398. The van der Waals surface area contributed by atoms with E-state index in [1.807, 2.05) is 0 Å². The Morgan fingerprint density at radius 3 is 2.64 bits per heavy atom. The molecule has 122 valence electrons. The standard InChI is InChI=1S/C17H27N3OS/c1-13(2)18-17(22)20-9-7-19(8-10-20)12-15-11-14(3)5-6-16(15)21-4/h5-6,11,13H,7-10,12H2,1-4H3,(H,18,22)/p+1. The molecule has 0 radical (unpaired) electrons. The van der Waals surface area contributed by atoms with Gasteiger partial charge in [-0.15, -0.1) is 0 Å². The Balaban J connectivity index is 1.90. The molecule has 0 amide bonds. The summed E-state index contributed by atoms with van der Waals surface area (Å²) in [6.45, 7) is 11.6. The fraction of sp³-hybridized carbons (Fsp3) is 0.588. The SMILES string of the molecule is COc1ccc(C)cc1C[NH+]1CCN(C(=S)NC(C)C)CC1. The van der Waals surface area contributed by atoms with Crippen LogP contribution in [0, 0.1) is 6.92 Å². The molecule has 1 aliphatic heterocycles. The molecule has 0 spiro atoms. The second-order valence-electron chi connectivity index (χ2n) is 6.33. The van der Waals surface area contributed by atoms with Crippen LogP contribution in [-0.2, 0) is 6.54 Å². The van der Waals surface area contributed by atoms with Gasteiger partial charge in [-0.2, -0.15) is 0 Å². The molecule has 1 aliphatic rings. The van der Waals surface area contributed by atoms with E-state index in [0.717, 1.165) is 43.6 Å². The third-order valence-electron chi connectivity index (χ3n) is 4.05. The highest BCUT2D eigenvalue weighted by Crippen LogP contribution is 2.18.